The monoisotopic (exact) mass is 366 g/mol. The lowest BCUT2D eigenvalue weighted by atomic mass is 10.1. The molecule has 0 aliphatic rings. The molecule has 0 radical (unpaired) electrons. The molecular formula is C16H16Cl2N4O2. The molecule has 2 aromatic heterocycles. The van der Waals surface area contributed by atoms with Crippen molar-refractivity contribution in [3.05, 3.63) is 59.8 Å². The van der Waals surface area contributed by atoms with Crippen molar-refractivity contribution in [2.24, 2.45) is 0 Å². The first kappa shape index (κ1) is 18.0. The van der Waals surface area contributed by atoms with Crippen LogP contribution in [0.25, 0.3) is 11.3 Å². The van der Waals surface area contributed by atoms with Crippen molar-refractivity contribution < 1.29 is 9.32 Å². The van der Waals surface area contributed by atoms with Gasteiger partial charge >= 0.3 is 0 Å². The molecule has 0 aliphatic carbocycles. The number of hydrogen-bond donors (Lipinski definition) is 1. The van der Waals surface area contributed by atoms with Crippen molar-refractivity contribution in [3.8, 4) is 11.3 Å². The largest absolute Gasteiger partial charge is 0.355 e. The molecule has 0 bridgehead atoms. The average Bonchev–Trinajstić information content (AvgIpc) is 3.24. The van der Waals surface area contributed by atoms with Crippen LogP contribution in [0.4, 0.5) is 0 Å². The van der Waals surface area contributed by atoms with Crippen LogP contribution < -0.4 is 5.32 Å². The molecule has 0 saturated heterocycles. The standard InChI is InChI=1S/C16H15ClN4O2.ClH/c17-13-4-2-12(3-5-13)15-10-14(20-23-15)16(22)19-6-1-8-21-9-7-18-11-21;/h2-5,7,9-11H,1,6,8H2,(H,19,22);1H. The lowest BCUT2D eigenvalue weighted by Crippen LogP contribution is -2.25. The Labute approximate surface area is 150 Å². The minimum absolute atomic E-state index is 0. The molecule has 0 fully saturated rings. The number of nitrogens with one attached hydrogen (secondary N) is 1. The van der Waals surface area contributed by atoms with Gasteiger partial charge in [-0.05, 0) is 30.7 Å². The number of benzene rings is 1. The van der Waals surface area contributed by atoms with E-state index in [1.807, 2.05) is 22.9 Å². The molecule has 126 valence electrons. The van der Waals surface area contributed by atoms with Crippen LogP contribution in [0.2, 0.25) is 5.02 Å². The van der Waals surface area contributed by atoms with Gasteiger partial charge in [-0.2, -0.15) is 0 Å². The molecule has 0 aliphatic heterocycles. The highest BCUT2D eigenvalue weighted by molar-refractivity contribution is 6.30. The number of amides is 1. The highest BCUT2D eigenvalue weighted by Crippen LogP contribution is 2.22. The van der Waals surface area contributed by atoms with E-state index in [9.17, 15) is 4.79 Å². The third-order valence-electron chi connectivity index (χ3n) is 3.31. The summed E-state index contributed by atoms with van der Waals surface area (Å²) in [4.78, 5) is 16.0. The van der Waals surface area contributed by atoms with Gasteiger partial charge in [-0.25, -0.2) is 4.98 Å². The van der Waals surface area contributed by atoms with E-state index in [2.05, 4.69) is 15.5 Å². The van der Waals surface area contributed by atoms with E-state index in [-0.39, 0.29) is 24.0 Å². The number of nitrogens with zero attached hydrogens (tertiary/aromatic N) is 3. The summed E-state index contributed by atoms with van der Waals surface area (Å²) in [6.07, 6.45) is 6.17. The summed E-state index contributed by atoms with van der Waals surface area (Å²) >= 11 is 5.85. The third kappa shape index (κ3) is 4.59. The Morgan fingerprint density at radius 2 is 2.08 bits per heavy atom. The van der Waals surface area contributed by atoms with Gasteiger partial charge in [-0.1, -0.05) is 16.8 Å². The summed E-state index contributed by atoms with van der Waals surface area (Å²) < 4.78 is 7.17. The van der Waals surface area contributed by atoms with Crippen molar-refractivity contribution in [1.29, 1.82) is 0 Å². The average molecular weight is 367 g/mol. The number of rotatable bonds is 6. The molecule has 6 nitrogen and oxygen atoms in total. The lowest BCUT2D eigenvalue weighted by Gasteiger charge is -2.03. The van der Waals surface area contributed by atoms with E-state index < -0.39 is 0 Å². The van der Waals surface area contributed by atoms with Crippen LogP contribution in [-0.4, -0.2) is 27.2 Å². The van der Waals surface area contributed by atoms with Gasteiger partial charge in [0.05, 0.1) is 6.33 Å². The summed E-state index contributed by atoms with van der Waals surface area (Å²) in [6.45, 7) is 1.36. The number of aryl methyl sites for hydroxylation is 1. The second kappa shape index (κ2) is 8.52. The fourth-order valence-corrected chi connectivity index (χ4v) is 2.23. The molecule has 2 heterocycles. The van der Waals surface area contributed by atoms with Crippen molar-refractivity contribution >= 4 is 29.9 Å². The summed E-state index contributed by atoms with van der Waals surface area (Å²) in [6, 6.07) is 8.77. The number of carbonyl (C=O) groups is 1. The predicted molar refractivity (Wildman–Crippen MR) is 93.4 cm³/mol. The topological polar surface area (TPSA) is 73.0 Å². The number of carbonyl (C=O) groups excluding carboxylic acids is 1. The fraction of sp³-hybridized carbons (Fsp3) is 0.188. The lowest BCUT2D eigenvalue weighted by molar-refractivity contribution is 0.0944. The Hall–Kier alpha value is -2.31. The third-order valence-corrected chi connectivity index (χ3v) is 3.56. The maximum Gasteiger partial charge on any atom is 0.273 e. The zero-order chi connectivity index (χ0) is 16.1. The van der Waals surface area contributed by atoms with Gasteiger partial charge in [-0.15, -0.1) is 12.4 Å². The number of aromatic nitrogens is 3. The van der Waals surface area contributed by atoms with E-state index in [4.69, 9.17) is 16.1 Å². The molecule has 0 atom stereocenters. The Morgan fingerprint density at radius 3 is 2.79 bits per heavy atom. The smallest absolute Gasteiger partial charge is 0.273 e. The Balaban J connectivity index is 0.00000208. The van der Waals surface area contributed by atoms with Crippen LogP contribution >= 0.6 is 24.0 Å². The number of hydrogen-bond acceptors (Lipinski definition) is 4. The number of halogens is 2. The molecular weight excluding hydrogens is 351 g/mol. The predicted octanol–water partition coefficient (Wildman–Crippen LogP) is 3.43. The molecule has 1 N–H and O–H groups in total. The Kier molecular flexibility index (Phi) is 6.40. The first-order valence-electron chi connectivity index (χ1n) is 7.19. The van der Waals surface area contributed by atoms with Gasteiger partial charge in [0.2, 0.25) is 0 Å². The maximum atomic E-state index is 12.0. The second-order valence-electron chi connectivity index (χ2n) is 4.99. The summed E-state index contributed by atoms with van der Waals surface area (Å²) in [7, 11) is 0. The SMILES string of the molecule is Cl.O=C(NCCCn1ccnc1)c1cc(-c2ccc(Cl)cc2)on1. The van der Waals surface area contributed by atoms with E-state index in [1.54, 1.807) is 30.7 Å². The fourth-order valence-electron chi connectivity index (χ4n) is 2.11. The maximum absolute atomic E-state index is 12.0. The Bertz CT molecular complexity index is 770. The van der Waals surface area contributed by atoms with Crippen LogP contribution in [0, 0.1) is 0 Å². The number of imidazole rings is 1. The summed E-state index contributed by atoms with van der Waals surface area (Å²) in [5, 5.41) is 7.27. The van der Waals surface area contributed by atoms with Gasteiger partial charge in [-0.3, -0.25) is 4.79 Å². The van der Waals surface area contributed by atoms with E-state index in [0.717, 1.165) is 18.5 Å². The molecule has 0 unspecified atom stereocenters. The van der Waals surface area contributed by atoms with Crippen LogP contribution in [0.1, 0.15) is 16.9 Å². The van der Waals surface area contributed by atoms with Crippen LogP contribution in [0.5, 0.6) is 0 Å². The van der Waals surface area contributed by atoms with Crippen LogP contribution in [0.15, 0.2) is 53.6 Å². The van der Waals surface area contributed by atoms with Gasteiger partial charge in [0.1, 0.15) is 0 Å². The molecule has 1 aromatic carbocycles. The zero-order valence-electron chi connectivity index (χ0n) is 12.7. The molecule has 1 amide bonds. The zero-order valence-corrected chi connectivity index (χ0v) is 14.3. The highest BCUT2D eigenvalue weighted by atomic mass is 35.5. The molecule has 3 rings (SSSR count). The Morgan fingerprint density at radius 1 is 1.29 bits per heavy atom. The van der Waals surface area contributed by atoms with Crippen molar-refractivity contribution in [2.45, 2.75) is 13.0 Å². The van der Waals surface area contributed by atoms with Crippen molar-refractivity contribution in [3.63, 3.8) is 0 Å². The molecule has 24 heavy (non-hydrogen) atoms. The summed E-state index contributed by atoms with van der Waals surface area (Å²) in [5.41, 5.74) is 1.08. The van der Waals surface area contributed by atoms with E-state index >= 15 is 0 Å². The highest BCUT2D eigenvalue weighted by Gasteiger charge is 2.13. The normalized spacial score (nSPS) is 10.2. The van der Waals surface area contributed by atoms with Gasteiger partial charge < -0.3 is 14.4 Å². The minimum Gasteiger partial charge on any atom is -0.355 e. The molecule has 0 spiro atoms. The molecule has 3 aromatic rings. The summed E-state index contributed by atoms with van der Waals surface area (Å²) in [5.74, 6) is 0.282. The molecule has 0 saturated carbocycles. The van der Waals surface area contributed by atoms with E-state index in [0.29, 0.717) is 17.3 Å². The van der Waals surface area contributed by atoms with Gasteiger partial charge in [0.15, 0.2) is 11.5 Å². The van der Waals surface area contributed by atoms with Gasteiger partial charge in [0.25, 0.3) is 5.91 Å². The molecule has 8 heteroatoms. The minimum atomic E-state index is -0.250. The van der Waals surface area contributed by atoms with Crippen LogP contribution in [0.3, 0.4) is 0 Å². The van der Waals surface area contributed by atoms with Crippen LogP contribution in [-0.2, 0) is 6.54 Å². The second-order valence-corrected chi connectivity index (χ2v) is 5.43. The van der Waals surface area contributed by atoms with E-state index in [1.165, 1.54) is 0 Å². The van der Waals surface area contributed by atoms with Crippen molar-refractivity contribution in [1.82, 2.24) is 20.0 Å². The van der Waals surface area contributed by atoms with Crippen molar-refractivity contribution in [2.75, 3.05) is 6.54 Å². The van der Waals surface area contributed by atoms with Gasteiger partial charge in [0, 0.05) is 42.1 Å². The first-order valence-corrected chi connectivity index (χ1v) is 7.57. The first-order chi connectivity index (χ1) is 11.2. The quantitative estimate of drug-likeness (QED) is 0.678.